The number of ketones is 1. The Kier molecular flexibility index (Phi) is 8.34. The minimum absolute atomic E-state index is 0. The van der Waals surface area contributed by atoms with E-state index in [2.05, 4.69) is 5.32 Å². The highest BCUT2D eigenvalue weighted by atomic mass is 35.5. The fourth-order valence-electron chi connectivity index (χ4n) is 4.59. The summed E-state index contributed by atoms with van der Waals surface area (Å²) in [6.45, 7) is 2.63. The monoisotopic (exact) mass is 433 g/mol. The Bertz CT molecular complexity index is 898. The van der Waals surface area contributed by atoms with E-state index >= 15 is 0 Å². The Labute approximate surface area is 184 Å². The first kappa shape index (κ1) is 22.8. The van der Waals surface area contributed by atoms with Gasteiger partial charge in [-0.1, -0.05) is 38.2 Å². The number of ether oxygens (including phenoxy) is 1. The molecule has 0 bridgehead atoms. The number of hydrogen-bond acceptors (Lipinski definition) is 5. The van der Waals surface area contributed by atoms with Crippen LogP contribution in [0.3, 0.4) is 0 Å². The third-order valence-corrected chi connectivity index (χ3v) is 6.43. The summed E-state index contributed by atoms with van der Waals surface area (Å²) >= 11 is 0. The molecule has 6 heteroatoms. The summed E-state index contributed by atoms with van der Waals surface area (Å²) in [5.74, 6) is 1.77. The molecule has 164 valence electrons. The van der Waals surface area contributed by atoms with Crippen LogP contribution in [0, 0.1) is 11.8 Å². The average Bonchev–Trinajstić information content (AvgIpc) is 2.77. The first-order chi connectivity index (χ1) is 14.2. The molecule has 0 radical (unpaired) electrons. The molecule has 1 aliphatic heterocycles. The highest BCUT2D eigenvalue weighted by Gasteiger charge is 2.19. The molecule has 4 rings (SSSR count). The molecule has 0 atom stereocenters. The van der Waals surface area contributed by atoms with Crippen LogP contribution in [-0.2, 0) is 0 Å². The quantitative estimate of drug-likeness (QED) is 0.612. The number of Topliss-reactive ketones (excluding diaryl/α,β-unsaturated/α-hetero) is 1. The molecule has 2 aliphatic rings. The normalized spacial score (nSPS) is 18.1. The molecule has 1 N–H and O–H groups in total. The number of nitrogens with one attached hydrogen (secondary N) is 1. The second-order valence-electron chi connectivity index (χ2n) is 8.58. The van der Waals surface area contributed by atoms with Gasteiger partial charge in [0.2, 0.25) is 0 Å². The van der Waals surface area contributed by atoms with Crippen LogP contribution in [0.2, 0.25) is 0 Å². The maximum Gasteiger partial charge on any atom is 0.198 e. The minimum Gasteiger partial charge on any atom is -0.489 e. The third-order valence-electron chi connectivity index (χ3n) is 6.43. The second-order valence-corrected chi connectivity index (χ2v) is 8.58. The van der Waals surface area contributed by atoms with Crippen LogP contribution in [0.5, 0.6) is 5.75 Å². The summed E-state index contributed by atoms with van der Waals surface area (Å²) in [7, 11) is 0. The van der Waals surface area contributed by atoms with Crippen LogP contribution in [0.4, 0.5) is 0 Å². The SMILES string of the molecule is Cl.O=C(CCC1CCCCC1)c1cc(=O)c2cccc(OCC3CCNCC3)c2o1. The average molecular weight is 434 g/mol. The van der Waals surface area contributed by atoms with Gasteiger partial charge in [-0.3, -0.25) is 9.59 Å². The van der Waals surface area contributed by atoms with E-state index in [0.717, 1.165) is 32.4 Å². The zero-order valence-corrected chi connectivity index (χ0v) is 18.3. The van der Waals surface area contributed by atoms with E-state index in [4.69, 9.17) is 9.15 Å². The molecule has 0 spiro atoms. The molecule has 2 aromatic rings. The highest BCUT2D eigenvalue weighted by Crippen LogP contribution is 2.29. The molecule has 1 saturated carbocycles. The van der Waals surface area contributed by atoms with Gasteiger partial charge in [0, 0.05) is 12.5 Å². The fraction of sp³-hybridized carbons (Fsp3) is 0.583. The predicted octanol–water partition coefficient (Wildman–Crippen LogP) is 5.14. The molecule has 1 saturated heterocycles. The summed E-state index contributed by atoms with van der Waals surface area (Å²) in [6.07, 6.45) is 9.76. The van der Waals surface area contributed by atoms with Gasteiger partial charge in [0.25, 0.3) is 0 Å². The lowest BCUT2D eigenvalue weighted by atomic mass is 9.85. The standard InChI is InChI=1S/C24H31NO4.ClH/c26-20(10-9-17-5-2-1-3-6-17)23-15-21(27)19-7-4-8-22(24(19)29-23)28-16-18-11-13-25-14-12-18;/h4,7-8,15,17-18,25H,1-3,5-6,9-14,16H2;1H. The van der Waals surface area contributed by atoms with Crippen LogP contribution in [-0.4, -0.2) is 25.5 Å². The number of fused-ring (bicyclic) bond motifs is 1. The van der Waals surface area contributed by atoms with E-state index in [1.54, 1.807) is 6.07 Å². The van der Waals surface area contributed by atoms with Crippen LogP contribution in [0.15, 0.2) is 33.5 Å². The van der Waals surface area contributed by atoms with Gasteiger partial charge in [0.15, 0.2) is 28.3 Å². The summed E-state index contributed by atoms with van der Waals surface area (Å²) in [5, 5.41) is 3.82. The first-order valence-corrected chi connectivity index (χ1v) is 11.1. The maximum absolute atomic E-state index is 12.7. The van der Waals surface area contributed by atoms with Crippen LogP contribution >= 0.6 is 12.4 Å². The van der Waals surface area contributed by atoms with Crippen LogP contribution in [0.1, 0.15) is 68.3 Å². The highest BCUT2D eigenvalue weighted by molar-refractivity contribution is 5.95. The number of benzene rings is 1. The molecule has 1 aliphatic carbocycles. The van der Waals surface area contributed by atoms with Crippen LogP contribution in [0.25, 0.3) is 11.0 Å². The van der Waals surface area contributed by atoms with E-state index in [0.29, 0.717) is 41.6 Å². The van der Waals surface area contributed by atoms with Gasteiger partial charge in [-0.25, -0.2) is 0 Å². The van der Waals surface area contributed by atoms with E-state index in [-0.39, 0.29) is 29.4 Å². The van der Waals surface area contributed by atoms with Crippen LogP contribution < -0.4 is 15.5 Å². The van der Waals surface area contributed by atoms with E-state index in [1.807, 2.05) is 12.1 Å². The van der Waals surface area contributed by atoms with Gasteiger partial charge in [-0.2, -0.15) is 0 Å². The van der Waals surface area contributed by atoms with Crippen molar-refractivity contribution in [3.8, 4) is 5.75 Å². The van der Waals surface area contributed by atoms with Crippen molar-refractivity contribution in [1.82, 2.24) is 5.32 Å². The molecular formula is C24H32ClNO4. The summed E-state index contributed by atoms with van der Waals surface area (Å²) in [4.78, 5) is 25.3. The zero-order valence-electron chi connectivity index (χ0n) is 17.5. The van der Waals surface area contributed by atoms with Gasteiger partial charge >= 0.3 is 0 Å². The van der Waals surface area contributed by atoms with Crippen molar-refractivity contribution in [3.05, 3.63) is 40.2 Å². The Morgan fingerprint density at radius 1 is 1.07 bits per heavy atom. The fourth-order valence-corrected chi connectivity index (χ4v) is 4.59. The summed E-state index contributed by atoms with van der Waals surface area (Å²) < 4.78 is 12.0. The van der Waals surface area contributed by atoms with E-state index in [1.165, 1.54) is 38.2 Å². The molecule has 1 aromatic carbocycles. The Morgan fingerprint density at radius 2 is 1.83 bits per heavy atom. The topological polar surface area (TPSA) is 68.5 Å². The first-order valence-electron chi connectivity index (χ1n) is 11.1. The number of para-hydroxylation sites is 1. The molecule has 2 fully saturated rings. The Balaban J connectivity index is 0.00000256. The number of hydrogen-bond donors (Lipinski definition) is 1. The van der Waals surface area contributed by atoms with Crippen molar-refractivity contribution in [2.24, 2.45) is 11.8 Å². The molecule has 5 nitrogen and oxygen atoms in total. The Hall–Kier alpha value is -1.85. The van der Waals surface area contributed by atoms with Gasteiger partial charge in [-0.05, 0) is 56.3 Å². The van der Waals surface area contributed by atoms with Crippen molar-refractivity contribution in [2.45, 2.75) is 57.8 Å². The molecule has 2 heterocycles. The van der Waals surface area contributed by atoms with Crippen molar-refractivity contribution >= 4 is 29.2 Å². The molecule has 0 unspecified atom stereocenters. The molecule has 30 heavy (non-hydrogen) atoms. The largest absolute Gasteiger partial charge is 0.489 e. The number of carbonyl (C=O) groups is 1. The molecule has 0 amide bonds. The summed E-state index contributed by atoms with van der Waals surface area (Å²) in [5.41, 5.74) is 0.217. The Morgan fingerprint density at radius 3 is 2.60 bits per heavy atom. The van der Waals surface area contributed by atoms with Gasteiger partial charge in [-0.15, -0.1) is 12.4 Å². The zero-order chi connectivity index (χ0) is 20.1. The van der Waals surface area contributed by atoms with Crippen molar-refractivity contribution in [1.29, 1.82) is 0 Å². The summed E-state index contributed by atoms with van der Waals surface area (Å²) in [6, 6.07) is 6.71. The third kappa shape index (κ3) is 5.64. The lowest BCUT2D eigenvalue weighted by Gasteiger charge is -2.22. The van der Waals surface area contributed by atoms with Crippen molar-refractivity contribution < 1.29 is 13.9 Å². The molecular weight excluding hydrogens is 402 g/mol. The predicted molar refractivity (Wildman–Crippen MR) is 121 cm³/mol. The number of rotatable bonds is 7. The van der Waals surface area contributed by atoms with Gasteiger partial charge in [0.1, 0.15) is 0 Å². The number of piperidine rings is 1. The lowest BCUT2D eigenvalue weighted by molar-refractivity contribution is 0.0943. The lowest BCUT2D eigenvalue weighted by Crippen LogP contribution is -2.30. The smallest absolute Gasteiger partial charge is 0.198 e. The minimum atomic E-state index is -0.181. The van der Waals surface area contributed by atoms with Gasteiger partial charge in [0.05, 0.1) is 12.0 Å². The number of halogens is 1. The van der Waals surface area contributed by atoms with E-state index < -0.39 is 0 Å². The van der Waals surface area contributed by atoms with Crippen molar-refractivity contribution in [2.75, 3.05) is 19.7 Å². The number of carbonyl (C=O) groups excluding carboxylic acids is 1. The van der Waals surface area contributed by atoms with Crippen molar-refractivity contribution in [3.63, 3.8) is 0 Å². The van der Waals surface area contributed by atoms with E-state index in [9.17, 15) is 9.59 Å². The second kappa shape index (κ2) is 11.0. The maximum atomic E-state index is 12.7. The molecule has 1 aromatic heterocycles. The van der Waals surface area contributed by atoms with Gasteiger partial charge < -0.3 is 14.5 Å².